The van der Waals surface area contributed by atoms with Gasteiger partial charge in [-0.15, -0.1) is 0 Å². The van der Waals surface area contributed by atoms with Crippen LogP contribution in [0, 0.1) is 13.8 Å². The molecule has 0 aliphatic heterocycles. The van der Waals surface area contributed by atoms with Gasteiger partial charge in [0.25, 0.3) is 0 Å². The summed E-state index contributed by atoms with van der Waals surface area (Å²) < 4.78 is 1.87. The molecule has 3 nitrogen and oxygen atoms in total. The van der Waals surface area contributed by atoms with Crippen LogP contribution >= 0.6 is 0 Å². The minimum Gasteiger partial charge on any atom is -0.504 e. The van der Waals surface area contributed by atoms with E-state index in [1.807, 2.05) is 23.7 Å². The fourth-order valence-electron chi connectivity index (χ4n) is 2.11. The van der Waals surface area contributed by atoms with Gasteiger partial charge in [-0.3, -0.25) is 0 Å². The molecule has 2 aromatic rings. The highest BCUT2D eigenvalue weighted by atomic mass is 16.3. The monoisotopic (exact) mass is 244 g/mol. The summed E-state index contributed by atoms with van der Waals surface area (Å²) in [7, 11) is 0. The first kappa shape index (κ1) is 12.7. The van der Waals surface area contributed by atoms with Crippen molar-refractivity contribution >= 4 is 0 Å². The van der Waals surface area contributed by atoms with Gasteiger partial charge >= 0.3 is 0 Å². The van der Waals surface area contributed by atoms with Crippen LogP contribution in [-0.2, 0) is 6.42 Å². The Bertz CT molecular complexity index is 543. The third-order valence-electron chi connectivity index (χ3n) is 3.14. The molecule has 0 aliphatic rings. The SMILES string of the molecule is CCCCc1c(O)c(C)nn1-c1cccc(C)c1. The molecule has 1 aromatic heterocycles. The lowest BCUT2D eigenvalue weighted by Gasteiger charge is -2.08. The van der Waals surface area contributed by atoms with Crippen LogP contribution < -0.4 is 0 Å². The summed E-state index contributed by atoms with van der Waals surface area (Å²) in [6, 6.07) is 8.18. The summed E-state index contributed by atoms with van der Waals surface area (Å²) in [4.78, 5) is 0. The van der Waals surface area contributed by atoms with E-state index in [0.717, 1.165) is 30.6 Å². The normalized spacial score (nSPS) is 10.8. The Kier molecular flexibility index (Phi) is 3.70. The van der Waals surface area contributed by atoms with E-state index in [1.54, 1.807) is 0 Å². The zero-order valence-corrected chi connectivity index (χ0v) is 11.3. The quantitative estimate of drug-likeness (QED) is 0.893. The maximum atomic E-state index is 10.1. The van der Waals surface area contributed by atoms with E-state index in [1.165, 1.54) is 5.56 Å². The Balaban J connectivity index is 2.46. The Morgan fingerprint density at radius 1 is 1.28 bits per heavy atom. The second-order valence-electron chi connectivity index (χ2n) is 4.74. The Hall–Kier alpha value is -1.77. The number of aryl methyl sites for hydroxylation is 2. The zero-order chi connectivity index (χ0) is 13.1. The highest BCUT2D eigenvalue weighted by molar-refractivity contribution is 5.42. The molecule has 96 valence electrons. The molecule has 1 heterocycles. The van der Waals surface area contributed by atoms with Crippen molar-refractivity contribution in [2.24, 2.45) is 0 Å². The van der Waals surface area contributed by atoms with E-state index in [9.17, 15) is 5.11 Å². The number of aromatic nitrogens is 2. The van der Waals surface area contributed by atoms with Crippen molar-refractivity contribution < 1.29 is 5.11 Å². The number of nitrogens with zero attached hydrogens (tertiary/aromatic N) is 2. The van der Waals surface area contributed by atoms with Crippen LogP contribution in [0.5, 0.6) is 5.75 Å². The molecular weight excluding hydrogens is 224 g/mol. The summed E-state index contributed by atoms with van der Waals surface area (Å²) in [5.41, 5.74) is 3.83. The molecule has 0 unspecified atom stereocenters. The summed E-state index contributed by atoms with van der Waals surface area (Å²) in [5, 5.41) is 14.5. The van der Waals surface area contributed by atoms with Gasteiger partial charge in [0.2, 0.25) is 0 Å². The highest BCUT2D eigenvalue weighted by Gasteiger charge is 2.14. The zero-order valence-electron chi connectivity index (χ0n) is 11.3. The Morgan fingerprint density at radius 3 is 2.72 bits per heavy atom. The number of rotatable bonds is 4. The average Bonchev–Trinajstić information content (AvgIpc) is 2.64. The average molecular weight is 244 g/mol. The van der Waals surface area contributed by atoms with Crippen molar-refractivity contribution in [3.63, 3.8) is 0 Å². The van der Waals surface area contributed by atoms with Crippen molar-refractivity contribution in [3.8, 4) is 11.4 Å². The molecule has 0 saturated heterocycles. The number of unbranched alkanes of at least 4 members (excludes halogenated alkanes) is 1. The molecule has 0 radical (unpaired) electrons. The predicted molar refractivity (Wildman–Crippen MR) is 73.3 cm³/mol. The van der Waals surface area contributed by atoms with E-state index in [0.29, 0.717) is 11.4 Å². The van der Waals surface area contributed by atoms with E-state index in [-0.39, 0.29) is 0 Å². The van der Waals surface area contributed by atoms with Crippen molar-refractivity contribution in [3.05, 3.63) is 41.2 Å². The minimum atomic E-state index is 0.338. The van der Waals surface area contributed by atoms with Gasteiger partial charge in [-0.2, -0.15) is 5.10 Å². The lowest BCUT2D eigenvalue weighted by Crippen LogP contribution is -2.02. The van der Waals surface area contributed by atoms with E-state index >= 15 is 0 Å². The molecule has 2 rings (SSSR count). The molecule has 0 atom stereocenters. The Morgan fingerprint density at radius 2 is 2.06 bits per heavy atom. The van der Waals surface area contributed by atoms with Crippen LogP contribution in [-0.4, -0.2) is 14.9 Å². The second kappa shape index (κ2) is 5.25. The topological polar surface area (TPSA) is 38.1 Å². The van der Waals surface area contributed by atoms with Crippen LogP contribution in [0.2, 0.25) is 0 Å². The van der Waals surface area contributed by atoms with Gasteiger partial charge in [0.1, 0.15) is 5.69 Å². The van der Waals surface area contributed by atoms with Crippen molar-refractivity contribution in [2.45, 2.75) is 40.0 Å². The van der Waals surface area contributed by atoms with Crippen molar-refractivity contribution in [1.29, 1.82) is 0 Å². The van der Waals surface area contributed by atoms with Crippen LogP contribution in [0.4, 0.5) is 0 Å². The van der Waals surface area contributed by atoms with E-state index < -0.39 is 0 Å². The van der Waals surface area contributed by atoms with Crippen LogP contribution in [0.3, 0.4) is 0 Å². The van der Waals surface area contributed by atoms with Crippen LogP contribution in [0.25, 0.3) is 5.69 Å². The molecule has 0 spiro atoms. The second-order valence-corrected chi connectivity index (χ2v) is 4.74. The van der Waals surface area contributed by atoms with Gasteiger partial charge in [-0.05, 0) is 44.4 Å². The molecule has 0 amide bonds. The molecule has 0 fully saturated rings. The maximum absolute atomic E-state index is 10.1. The van der Waals surface area contributed by atoms with Crippen LogP contribution in [0.15, 0.2) is 24.3 Å². The molecule has 18 heavy (non-hydrogen) atoms. The Labute approximate surface area is 108 Å². The van der Waals surface area contributed by atoms with Gasteiger partial charge in [-0.25, -0.2) is 4.68 Å². The molecule has 0 aliphatic carbocycles. The number of benzene rings is 1. The standard InChI is InChI=1S/C15H20N2O/c1-4-5-9-14-15(18)12(3)16-17(14)13-8-6-7-11(2)10-13/h6-8,10,18H,4-5,9H2,1-3H3. The third-order valence-corrected chi connectivity index (χ3v) is 3.14. The van der Waals surface area contributed by atoms with Crippen LogP contribution in [0.1, 0.15) is 36.7 Å². The molecule has 1 N–H and O–H groups in total. The van der Waals surface area contributed by atoms with E-state index in [4.69, 9.17) is 0 Å². The summed E-state index contributed by atoms with van der Waals surface area (Å²) in [6.45, 7) is 6.06. The molecule has 1 aromatic carbocycles. The fourth-order valence-corrected chi connectivity index (χ4v) is 2.11. The lowest BCUT2D eigenvalue weighted by molar-refractivity contribution is 0.462. The van der Waals surface area contributed by atoms with E-state index in [2.05, 4.69) is 31.1 Å². The fraction of sp³-hybridized carbons (Fsp3) is 0.400. The van der Waals surface area contributed by atoms with Gasteiger partial charge in [0.05, 0.1) is 11.4 Å². The molecular formula is C15H20N2O. The van der Waals surface area contributed by atoms with Gasteiger partial charge in [-0.1, -0.05) is 25.5 Å². The summed E-state index contributed by atoms with van der Waals surface area (Å²) >= 11 is 0. The lowest BCUT2D eigenvalue weighted by atomic mass is 10.1. The van der Waals surface area contributed by atoms with Gasteiger partial charge < -0.3 is 5.11 Å². The third kappa shape index (κ3) is 2.40. The molecule has 0 bridgehead atoms. The molecule has 3 heteroatoms. The first-order valence-corrected chi connectivity index (χ1v) is 6.48. The minimum absolute atomic E-state index is 0.338. The number of hydrogen-bond acceptors (Lipinski definition) is 2. The number of hydrogen-bond donors (Lipinski definition) is 1. The largest absolute Gasteiger partial charge is 0.504 e. The van der Waals surface area contributed by atoms with Gasteiger partial charge in [0.15, 0.2) is 5.75 Å². The molecule has 0 saturated carbocycles. The highest BCUT2D eigenvalue weighted by Crippen LogP contribution is 2.26. The maximum Gasteiger partial charge on any atom is 0.160 e. The smallest absolute Gasteiger partial charge is 0.160 e. The summed E-state index contributed by atoms with van der Waals surface area (Å²) in [5.74, 6) is 0.338. The van der Waals surface area contributed by atoms with Crippen molar-refractivity contribution in [2.75, 3.05) is 0 Å². The van der Waals surface area contributed by atoms with Crippen molar-refractivity contribution in [1.82, 2.24) is 9.78 Å². The predicted octanol–water partition coefficient (Wildman–Crippen LogP) is 3.54. The number of aromatic hydroxyl groups is 1. The van der Waals surface area contributed by atoms with Gasteiger partial charge in [0, 0.05) is 0 Å². The summed E-state index contributed by atoms with van der Waals surface area (Å²) in [6.07, 6.45) is 3.03. The first-order valence-electron chi connectivity index (χ1n) is 6.48. The first-order chi connectivity index (χ1) is 8.63.